The first kappa shape index (κ1) is 14.9. The van der Waals surface area contributed by atoms with E-state index in [9.17, 15) is 4.79 Å². The summed E-state index contributed by atoms with van der Waals surface area (Å²) in [4.78, 5) is 12.3. The Morgan fingerprint density at radius 2 is 1.95 bits per heavy atom. The average molecular weight is 306 g/mol. The van der Waals surface area contributed by atoms with E-state index < -0.39 is 0 Å². The SMILES string of the molecule is CC1(C)[C@H]2CC[C@@]1(C)[C@@H](NC(=O)Cc1ccc(Cl)cc1)C2. The zero-order valence-electron chi connectivity index (χ0n) is 13.1. The van der Waals surface area contributed by atoms with Crippen LogP contribution in [0.4, 0.5) is 0 Å². The second kappa shape index (κ2) is 5.01. The number of carbonyl (C=O) groups excluding carboxylic acids is 1. The lowest BCUT2D eigenvalue weighted by Crippen LogP contribution is -2.47. The van der Waals surface area contributed by atoms with Crippen LogP contribution in [-0.4, -0.2) is 11.9 Å². The second-order valence-electron chi connectivity index (χ2n) is 7.53. The van der Waals surface area contributed by atoms with E-state index in [0.717, 1.165) is 17.9 Å². The van der Waals surface area contributed by atoms with Gasteiger partial charge in [-0.2, -0.15) is 0 Å². The molecule has 1 aromatic rings. The van der Waals surface area contributed by atoms with E-state index >= 15 is 0 Å². The van der Waals surface area contributed by atoms with Gasteiger partial charge in [-0.05, 0) is 53.7 Å². The van der Waals surface area contributed by atoms with Gasteiger partial charge in [0.2, 0.25) is 5.91 Å². The summed E-state index contributed by atoms with van der Waals surface area (Å²) in [6.07, 6.45) is 4.12. The first-order chi connectivity index (χ1) is 9.83. The fourth-order valence-corrected chi connectivity index (χ4v) is 4.58. The third-order valence-electron chi connectivity index (χ3n) is 6.41. The van der Waals surface area contributed by atoms with Crippen LogP contribution < -0.4 is 5.32 Å². The number of amides is 1. The molecule has 3 rings (SSSR count). The number of halogens is 1. The Hall–Kier alpha value is -1.02. The third-order valence-corrected chi connectivity index (χ3v) is 6.66. The highest BCUT2D eigenvalue weighted by molar-refractivity contribution is 6.30. The van der Waals surface area contributed by atoms with Crippen LogP contribution in [0.3, 0.4) is 0 Å². The molecule has 114 valence electrons. The molecule has 0 unspecified atom stereocenters. The van der Waals surface area contributed by atoms with Crippen LogP contribution in [-0.2, 0) is 11.2 Å². The molecule has 0 spiro atoms. The molecular weight excluding hydrogens is 282 g/mol. The summed E-state index contributed by atoms with van der Waals surface area (Å²) in [7, 11) is 0. The van der Waals surface area contributed by atoms with Crippen LogP contribution in [0.2, 0.25) is 5.02 Å². The Kier molecular flexibility index (Phi) is 3.56. The normalized spacial score (nSPS) is 33.1. The molecule has 0 saturated heterocycles. The Balaban J connectivity index is 1.65. The highest BCUT2D eigenvalue weighted by atomic mass is 35.5. The van der Waals surface area contributed by atoms with E-state index in [0.29, 0.717) is 22.9 Å². The average Bonchev–Trinajstić information content (AvgIpc) is 2.74. The van der Waals surface area contributed by atoms with Gasteiger partial charge in [-0.1, -0.05) is 44.5 Å². The van der Waals surface area contributed by atoms with E-state index in [-0.39, 0.29) is 11.3 Å². The molecule has 21 heavy (non-hydrogen) atoms. The molecule has 0 radical (unpaired) electrons. The van der Waals surface area contributed by atoms with Crippen molar-refractivity contribution in [3.63, 3.8) is 0 Å². The summed E-state index contributed by atoms with van der Waals surface area (Å²) in [6.45, 7) is 7.10. The van der Waals surface area contributed by atoms with Gasteiger partial charge in [0.05, 0.1) is 6.42 Å². The van der Waals surface area contributed by atoms with Crippen molar-refractivity contribution >= 4 is 17.5 Å². The molecule has 2 saturated carbocycles. The summed E-state index contributed by atoms with van der Waals surface area (Å²) >= 11 is 5.88. The number of hydrogen-bond acceptors (Lipinski definition) is 1. The van der Waals surface area contributed by atoms with E-state index in [1.807, 2.05) is 24.3 Å². The van der Waals surface area contributed by atoms with Crippen LogP contribution in [0.1, 0.15) is 45.6 Å². The zero-order valence-corrected chi connectivity index (χ0v) is 13.8. The summed E-state index contributed by atoms with van der Waals surface area (Å²) in [5, 5.41) is 4.01. The molecule has 1 aromatic carbocycles. The molecule has 2 bridgehead atoms. The Bertz CT molecular complexity index is 551. The van der Waals surface area contributed by atoms with Gasteiger partial charge in [-0.3, -0.25) is 4.79 Å². The molecule has 2 nitrogen and oxygen atoms in total. The maximum absolute atomic E-state index is 12.3. The van der Waals surface area contributed by atoms with Gasteiger partial charge in [-0.15, -0.1) is 0 Å². The van der Waals surface area contributed by atoms with E-state index in [1.165, 1.54) is 12.8 Å². The molecule has 3 atom stereocenters. The van der Waals surface area contributed by atoms with Gasteiger partial charge in [0, 0.05) is 11.1 Å². The van der Waals surface area contributed by atoms with Crippen molar-refractivity contribution in [3.8, 4) is 0 Å². The minimum Gasteiger partial charge on any atom is -0.353 e. The Labute approximate surface area is 132 Å². The molecule has 0 heterocycles. The summed E-state index contributed by atoms with van der Waals surface area (Å²) < 4.78 is 0. The number of nitrogens with one attached hydrogen (secondary N) is 1. The van der Waals surface area contributed by atoms with Crippen LogP contribution in [0.5, 0.6) is 0 Å². The molecule has 0 aliphatic heterocycles. The maximum Gasteiger partial charge on any atom is 0.224 e. The molecule has 3 heteroatoms. The predicted molar refractivity (Wildman–Crippen MR) is 86.3 cm³/mol. The van der Waals surface area contributed by atoms with Crippen molar-refractivity contribution in [2.75, 3.05) is 0 Å². The summed E-state index contributed by atoms with van der Waals surface area (Å²) in [5.41, 5.74) is 1.60. The maximum atomic E-state index is 12.3. The fraction of sp³-hybridized carbons (Fsp3) is 0.611. The molecule has 2 fully saturated rings. The van der Waals surface area contributed by atoms with Crippen molar-refractivity contribution in [3.05, 3.63) is 34.9 Å². The minimum absolute atomic E-state index is 0.131. The summed E-state index contributed by atoms with van der Waals surface area (Å²) in [5.74, 6) is 0.884. The molecular formula is C18H24ClNO. The van der Waals surface area contributed by atoms with Gasteiger partial charge >= 0.3 is 0 Å². The molecule has 0 aromatic heterocycles. The molecule has 2 aliphatic carbocycles. The number of fused-ring (bicyclic) bond motifs is 2. The highest BCUT2D eigenvalue weighted by Gasteiger charge is 2.61. The third kappa shape index (κ3) is 2.38. The topological polar surface area (TPSA) is 29.1 Å². The lowest BCUT2D eigenvalue weighted by Gasteiger charge is -2.39. The quantitative estimate of drug-likeness (QED) is 0.890. The zero-order chi connectivity index (χ0) is 15.3. The second-order valence-corrected chi connectivity index (χ2v) is 7.97. The van der Waals surface area contributed by atoms with Crippen molar-refractivity contribution in [2.45, 2.75) is 52.5 Å². The number of rotatable bonds is 3. The molecule has 1 N–H and O–H groups in total. The minimum atomic E-state index is 0.131. The first-order valence-electron chi connectivity index (χ1n) is 7.87. The van der Waals surface area contributed by atoms with Crippen LogP contribution in [0.15, 0.2) is 24.3 Å². The Morgan fingerprint density at radius 3 is 2.48 bits per heavy atom. The van der Waals surface area contributed by atoms with Gasteiger partial charge in [0.25, 0.3) is 0 Å². The molecule has 1 amide bonds. The van der Waals surface area contributed by atoms with Crippen molar-refractivity contribution < 1.29 is 4.79 Å². The van der Waals surface area contributed by atoms with Gasteiger partial charge in [0.1, 0.15) is 0 Å². The standard InChI is InChI=1S/C18H24ClNO/c1-17(2)13-8-9-18(17,3)15(11-13)20-16(21)10-12-4-6-14(19)7-5-12/h4-7,13,15H,8-11H2,1-3H3,(H,20,21)/t13-,15-,18-/m0/s1. The van der Waals surface area contributed by atoms with Crippen molar-refractivity contribution in [1.82, 2.24) is 5.32 Å². The number of benzene rings is 1. The summed E-state index contributed by atoms with van der Waals surface area (Å²) in [6, 6.07) is 7.85. The highest BCUT2D eigenvalue weighted by Crippen LogP contribution is 2.65. The van der Waals surface area contributed by atoms with Gasteiger partial charge in [0.15, 0.2) is 0 Å². The Morgan fingerprint density at radius 1 is 1.29 bits per heavy atom. The molecule has 2 aliphatic rings. The van der Waals surface area contributed by atoms with E-state index in [1.54, 1.807) is 0 Å². The van der Waals surface area contributed by atoms with Crippen LogP contribution >= 0.6 is 11.6 Å². The number of hydrogen-bond donors (Lipinski definition) is 1. The largest absolute Gasteiger partial charge is 0.353 e. The lowest BCUT2D eigenvalue weighted by atomic mass is 9.69. The van der Waals surface area contributed by atoms with E-state index in [4.69, 9.17) is 11.6 Å². The lowest BCUT2D eigenvalue weighted by molar-refractivity contribution is -0.122. The van der Waals surface area contributed by atoms with E-state index in [2.05, 4.69) is 26.1 Å². The first-order valence-corrected chi connectivity index (χ1v) is 8.24. The van der Waals surface area contributed by atoms with Crippen molar-refractivity contribution in [1.29, 1.82) is 0 Å². The number of carbonyl (C=O) groups is 1. The van der Waals surface area contributed by atoms with Crippen LogP contribution in [0, 0.1) is 16.7 Å². The smallest absolute Gasteiger partial charge is 0.224 e. The van der Waals surface area contributed by atoms with Gasteiger partial charge < -0.3 is 5.32 Å². The fourth-order valence-electron chi connectivity index (χ4n) is 4.46. The van der Waals surface area contributed by atoms with Crippen molar-refractivity contribution in [2.24, 2.45) is 16.7 Å². The van der Waals surface area contributed by atoms with Crippen LogP contribution in [0.25, 0.3) is 0 Å². The predicted octanol–water partition coefficient (Wildman–Crippen LogP) is 4.21. The monoisotopic (exact) mass is 305 g/mol. The van der Waals surface area contributed by atoms with Gasteiger partial charge in [-0.25, -0.2) is 0 Å².